The molecule has 111 valence electrons. The van der Waals surface area contributed by atoms with E-state index >= 15 is 0 Å². The van der Waals surface area contributed by atoms with Crippen LogP contribution in [0.5, 0.6) is 0 Å². The zero-order valence-corrected chi connectivity index (χ0v) is 14.5. The first-order chi connectivity index (χ1) is 10.1. The minimum absolute atomic E-state index is 0.299. The first-order valence-electron chi connectivity index (χ1n) is 7.11. The van der Waals surface area contributed by atoms with Crippen molar-refractivity contribution in [3.8, 4) is 0 Å². The Morgan fingerprint density at radius 3 is 2.57 bits per heavy atom. The standard InChI is InChI=1S/C18H22NOSe/c1-15(19(2)3)17-12-7-13-18(17)21(20)14-8-11-16-9-5-4-6-10-16/h4-13,15H,14H2,1-3H3/b11-8-/t15-,21?/m1/s1. The predicted octanol–water partition coefficient (Wildman–Crippen LogP) is 3.39. The van der Waals surface area contributed by atoms with Gasteiger partial charge in [-0.15, -0.1) is 0 Å². The molecular formula is C18H22NOSe. The molecule has 0 amide bonds. The van der Waals surface area contributed by atoms with Crippen molar-refractivity contribution < 1.29 is 3.83 Å². The summed E-state index contributed by atoms with van der Waals surface area (Å²) >= 11 is -2.01. The summed E-state index contributed by atoms with van der Waals surface area (Å²) in [6, 6.07) is 10.4. The zero-order chi connectivity index (χ0) is 15.2. The quantitative estimate of drug-likeness (QED) is 0.736. The van der Waals surface area contributed by atoms with Gasteiger partial charge in [0, 0.05) is 0 Å². The van der Waals surface area contributed by atoms with Crippen molar-refractivity contribution in [1.82, 2.24) is 4.90 Å². The molecule has 5 radical (unpaired) electrons. The molecule has 0 heterocycles. The van der Waals surface area contributed by atoms with Crippen LogP contribution in [0.1, 0.15) is 12.5 Å². The van der Waals surface area contributed by atoms with Crippen molar-refractivity contribution in [2.45, 2.75) is 18.3 Å². The fourth-order valence-corrected chi connectivity index (χ4v) is 4.65. The second kappa shape index (κ2) is 8.03. The van der Waals surface area contributed by atoms with E-state index in [1.165, 1.54) is 5.92 Å². The second-order valence-electron chi connectivity index (χ2n) is 5.31. The predicted molar refractivity (Wildman–Crippen MR) is 89.3 cm³/mol. The van der Waals surface area contributed by atoms with Crippen LogP contribution in [0, 0.1) is 30.0 Å². The molecule has 1 fully saturated rings. The van der Waals surface area contributed by atoms with Gasteiger partial charge >= 0.3 is 133 Å². The van der Waals surface area contributed by atoms with Crippen molar-refractivity contribution in [2.24, 2.45) is 0 Å². The van der Waals surface area contributed by atoms with Crippen LogP contribution >= 0.6 is 0 Å². The molecule has 2 rings (SSSR count). The van der Waals surface area contributed by atoms with Gasteiger partial charge in [0.1, 0.15) is 0 Å². The summed E-state index contributed by atoms with van der Waals surface area (Å²) in [7, 11) is 4.10. The number of hydrogen-bond acceptors (Lipinski definition) is 2. The molecule has 1 aliphatic carbocycles. The number of rotatable bonds is 6. The van der Waals surface area contributed by atoms with Crippen molar-refractivity contribution in [2.75, 3.05) is 14.1 Å². The van der Waals surface area contributed by atoms with Crippen LogP contribution in [0.15, 0.2) is 36.4 Å². The van der Waals surface area contributed by atoms with E-state index in [0.717, 1.165) is 10.4 Å². The molecular weight excluding hydrogens is 325 g/mol. The van der Waals surface area contributed by atoms with Crippen LogP contribution in [-0.2, 0) is 3.83 Å². The number of hydrogen-bond donors (Lipinski definition) is 0. The van der Waals surface area contributed by atoms with Gasteiger partial charge in [0.15, 0.2) is 0 Å². The van der Waals surface area contributed by atoms with Crippen LogP contribution in [0.3, 0.4) is 0 Å². The van der Waals surface area contributed by atoms with Crippen LogP contribution in [-0.4, -0.2) is 38.9 Å². The Bertz CT molecular complexity index is 483. The Balaban J connectivity index is 1.92. The molecule has 1 aromatic carbocycles. The Hall–Kier alpha value is -0.761. The molecule has 1 saturated carbocycles. The zero-order valence-electron chi connectivity index (χ0n) is 12.8. The minimum atomic E-state index is -2.01. The summed E-state index contributed by atoms with van der Waals surface area (Å²) in [6.07, 6.45) is 10.2. The van der Waals surface area contributed by atoms with E-state index in [1.54, 1.807) is 0 Å². The third-order valence-corrected chi connectivity index (χ3v) is 6.48. The fraction of sp³-hybridized carbons (Fsp3) is 0.278. The second-order valence-corrected chi connectivity index (χ2v) is 8.38. The summed E-state index contributed by atoms with van der Waals surface area (Å²) in [4.78, 5) is 3.20. The molecule has 0 saturated heterocycles. The van der Waals surface area contributed by atoms with Crippen LogP contribution in [0.25, 0.3) is 6.08 Å². The van der Waals surface area contributed by atoms with Crippen molar-refractivity contribution in [3.05, 3.63) is 72.0 Å². The molecule has 0 spiro atoms. The van der Waals surface area contributed by atoms with Gasteiger partial charge in [-0.25, -0.2) is 0 Å². The Kier molecular flexibility index (Phi) is 6.35. The topological polar surface area (TPSA) is 20.3 Å². The van der Waals surface area contributed by atoms with Gasteiger partial charge in [-0.3, -0.25) is 0 Å². The van der Waals surface area contributed by atoms with E-state index in [1.807, 2.05) is 43.2 Å². The SMILES string of the molecule is C[C@H]([C]1[CH][CH][CH][C]1[Se](=O)C/C=C\c1ccccc1)N(C)C. The molecule has 2 nitrogen and oxygen atoms in total. The van der Waals surface area contributed by atoms with Gasteiger partial charge in [-0.05, 0) is 0 Å². The number of nitrogens with zero attached hydrogens (tertiary/aromatic N) is 1. The summed E-state index contributed by atoms with van der Waals surface area (Å²) in [6.45, 7) is 2.15. The normalized spacial score (nSPS) is 20.4. The monoisotopic (exact) mass is 348 g/mol. The average molecular weight is 347 g/mol. The average Bonchev–Trinajstić information content (AvgIpc) is 2.96. The van der Waals surface area contributed by atoms with E-state index in [9.17, 15) is 3.83 Å². The van der Waals surface area contributed by atoms with Gasteiger partial charge in [0.25, 0.3) is 0 Å². The van der Waals surface area contributed by atoms with Gasteiger partial charge < -0.3 is 0 Å². The molecule has 1 unspecified atom stereocenters. The van der Waals surface area contributed by atoms with Crippen LogP contribution in [0.4, 0.5) is 0 Å². The first kappa shape index (κ1) is 16.6. The fourth-order valence-electron chi connectivity index (χ4n) is 2.17. The molecule has 1 aromatic rings. The van der Waals surface area contributed by atoms with E-state index in [-0.39, 0.29) is 0 Å². The first-order valence-corrected chi connectivity index (χ1v) is 9.88. The maximum atomic E-state index is 12.6. The summed E-state index contributed by atoms with van der Waals surface area (Å²) in [5.41, 5.74) is 1.15. The third-order valence-electron chi connectivity index (χ3n) is 3.64. The number of allylic oxidation sites excluding steroid dienone is 1. The molecule has 0 bridgehead atoms. The van der Waals surface area contributed by atoms with Crippen LogP contribution < -0.4 is 0 Å². The molecule has 21 heavy (non-hydrogen) atoms. The maximum absolute atomic E-state index is 12.6. The Labute approximate surface area is 133 Å². The third kappa shape index (κ3) is 4.60. The molecule has 0 aromatic heterocycles. The van der Waals surface area contributed by atoms with Gasteiger partial charge in [0.05, 0.1) is 0 Å². The van der Waals surface area contributed by atoms with E-state index in [4.69, 9.17) is 0 Å². The van der Waals surface area contributed by atoms with E-state index in [0.29, 0.717) is 11.4 Å². The number of benzene rings is 1. The van der Waals surface area contributed by atoms with E-state index < -0.39 is 13.8 Å². The molecule has 0 aliphatic heterocycles. The molecule has 3 heteroatoms. The molecule has 2 atom stereocenters. The summed E-state index contributed by atoms with van der Waals surface area (Å²) in [5.74, 6) is 1.20. The van der Waals surface area contributed by atoms with Crippen LogP contribution in [0.2, 0.25) is 5.32 Å². The summed E-state index contributed by atoms with van der Waals surface area (Å²) in [5, 5.41) is 0.645. The molecule has 0 N–H and O–H groups in total. The van der Waals surface area contributed by atoms with Crippen molar-refractivity contribution >= 4 is 19.9 Å². The Morgan fingerprint density at radius 1 is 1.19 bits per heavy atom. The van der Waals surface area contributed by atoms with Gasteiger partial charge in [-0.2, -0.15) is 0 Å². The Morgan fingerprint density at radius 2 is 1.90 bits per heavy atom. The van der Waals surface area contributed by atoms with Gasteiger partial charge in [0.2, 0.25) is 0 Å². The molecule has 1 aliphatic rings. The van der Waals surface area contributed by atoms with Gasteiger partial charge in [-0.1, -0.05) is 0 Å². The summed E-state index contributed by atoms with van der Waals surface area (Å²) < 4.78 is 12.6. The van der Waals surface area contributed by atoms with E-state index in [2.05, 4.69) is 44.5 Å². The van der Waals surface area contributed by atoms with Crippen molar-refractivity contribution in [1.29, 1.82) is 0 Å². The van der Waals surface area contributed by atoms with Crippen molar-refractivity contribution in [3.63, 3.8) is 0 Å².